The maximum atomic E-state index is 12.8. The van der Waals surface area contributed by atoms with Crippen LogP contribution in [0.15, 0.2) is 47.4 Å². The van der Waals surface area contributed by atoms with Gasteiger partial charge in [0.05, 0.1) is 11.6 Å². The van der Waals surface area contributed by atoms with E-state index in [-0.39, 0.29) is 22.4 Å². The number of hydrogen-bond donors (Lipinski definition) is 1. The van der Waals surface area contributed by atoms with Gasteiger partial charge in [0.1, 0.15) is 4.90 Å². The minimum atomic E-state index is -3.63. The van der Waals surface area contributed by atoms with Gasteiger partial charge in [-0.15, -0.1) is 0 Å². The summed E-state index contributed by atoms with van der Waals surface area (Å²) in [6.07, 6.45) is 0. The first-order chi connectivity index (χ1) is 13.3. The molecule has 1 saturated heterocycles. The topological polar surface area (TPSA) is 69.7 Å². The van der Waals surface area contributed by atoms with Gasteiger partial charge in [-0.05, 0) is 43.2 Å². The predicted molar refractivity (Wildman–Crippen MR) is 111 cm³/mol. The Morgan fingerprint density at radius 1 is 1.04 bits per heavy atom. The lowest BCUT2D eigenvalue weighted by Crippen LogP contribution is -2.50. The van der Waals surface area contributed by atoms with Crippen LogP contribution >= 0.6 is 11.6 Å². The van der Waals surface area contributed by atoms with Crippen LogP contribution in [0.5, 0.6) is 0 Å². The minimum Gasteiger partial charge on any atom is -0.325 e. The summed E-state index contributed by atoms with van der Waals surface area (Å²) >= 11 is 6.06. The van der Waals surface area contributed by atoms with Crippen LogP contribution in [0.2, 0.25) is 5.02 Å². The number of carbonyl (C=O) groups excluding carboxylic acids is 1. The second-order valence-corrected chi connectivity index (χ2v) is 9.22. The van der Waals surface area contributed by atoms with Crippen LogP contribution in [-0.2, 0) is 14.8 Å². The van der Waals surface area contributed by atoms with Gasteiger partial charge in [-0.3, -0.25) is 9.69 Å². The molecular formula is C20H24ClN3O3S. The van der Waals surface area contributed by atoms with Gasteiger partial charge in [-0.25, -0.2) is 8.42 Å². The van der Waals surface area contributed by atoms with Crippen LogP contribution in [0.4, 0.5) is 5.69 Å². The number of benzene rings is 2. The maximum Gasteiger partial charge on any atom is 0.244 e. The lowest BCUT2D eigenvalue weighted by Gasteiger charge is -2.33. The van der Waals surface area contributed by atoms with Crippen molar-refractivity contribution in [3.63, 3.8) is 0 Å². The largest absolute Gasteiger partial charge is 0.325 e. The van der Waals surface area contributed by atoms with Crippen LogP contribution in [0.25, 0.3) is 0 Å². The van der Waals surface area contributed by atoms with E-state index in [1.54, 1.807) is 18.2 Å². The number of hydrogen-bond acceptors (Lipinski definition) is 4. The Kier molecular flexibility index (Phi) is 6.40. The van der Waals surface area contributed by atoms with Crippen molar-refractivity contribution in [2.75, 3.05) is 38.0 Å². The SMILES string of the molecule is Cc1cccc(NC(=O)CN2CCN(S(=O)(=O)c3ccccc3Cl)CC2)c1C. The van der Waals surface area contributed by atoms with Crippen LogP contribution in [0.1, 0.15) is 11.1 Å². The first-order valence-electron chi connectivity index (χ1n) is 9.12. The molecule has 28 heavy (non-hydrogen) atoms. The van der Waals surface area contributed by atoms with E-state index in [9.17, 15) is 13.2 Å². The molecule has 2 aromatic carbocycles. The van der Waals surface area contributed by atoms with Crippen molar-refractivity contribution in [1.29, 1.82) is 0 Å². The third-order valence-electron chi connectivity index (χ3n) is 5.03. The summed E-state index contributed by atoms with van der Waals surface area (Å²) in [5.74, 6) is -0.101. The highest BCUT2D eigenvalue weighted by atomic mass is 35.5. The molecule has 1 fully saturated rings. The monoisotopic (exact) mass is 421 g/mol. The molecule has 1 N–H and O–H groups in total. The fraction of sp³-hybridized carbons (Fsp3) is 0.350. The van der Waals surface area contributed by atoms with Gasteiger partial charge in [0.15, 0.2) is 0 Å². The molecule has 1 amide bonds. The number of nitrogens with zero attached hydrogens (tertiary/aromatic N) is 2. The molecule has 0 aliphatic carbocycles. The molecule has 150 valence electrons. The Morgan fingerprint density at radius 3 is 2.39 bits per heavy atom. The summed E-state index contributed by atoms with van der Waals surface area (Å²) in [5, 5.41) is 3.16. The van der Waals surface area contributed by atoms with Gasteiger partial charge in [0.25, 0.3) is 0 Å². The molecule has 1 aliphatic heterocycles. The number of anilines is 1. The van der Waals surface area contributed by atoms with Gasteiger partial charge in [-0.1, -0.05) is 35.9 Å². The summed E-state index contributed by atoms with van der Waals surface area (Å²) in [7, 11) is -3.63. The molecule has 3 rings (SSSR count). The maximum absolute atomic E-state index is 12.8. The van der Waals surface area contributed by atoms with E-state index in [1.165, 1.54) is 10.4 Å². The normalized spacial score (nSPS) is 16.1. The number of amides is 1. The van der Waals surface area contributed by atoms with Crippen LogP contribution in [0.3, 0.4) is 0 Å². The molecule has 0 saturated carbocycles. The Morgan fingerprint density at radius 2 is 1.71 bits per heavy atom. The second kappa shape index (κ2) is 8.61. The van der Waals surface area contributed by atoms with Gasteiger partial charge in [-0.2, -0.15) is 4.31 Å². The van der Waals surface area contributed by atoms with Crippen molar-refractivity contribution in [3.8, 4) is 0 Å². The first-order valence-corrected chi connectivity index (χ1v) is 10.9. The molecule has 0 atom stereocenters. The Labute approximate surface area is 171 Å². The highest BCUT2D eigenvalue weighted by Crippen LogP contribution is 2.25. The van der Waals surface area contributed by atoms with E-state index in [0.29, 0.717) is 26.2 Å². The predicted octanol–water partition coefficient (Wildman–Crippen LogP) is 2.90. The lowest BCUT2D eigenvalue weighted by molar-refractivity contribution is -0.117. The number of carbonyl (C=O) groups is 1. The lowest BCUT2D eigenvalue weighted by atomic mass is 10.1. The second-order valence-electron chi connectivity index (χ2n) is 6.91. The van der Waals surface area contributed by atoms with E-state index in [1.807, 2.05) is 36.9 Å². The molecule has 8 heteroatoms. The van der Waals surface area contributed by atoms with E-state index in [2.05, 4.69) is 5.32 Å². The summed E-state index contributed by atoms with van der Waals surface area (Å²) in [4.78, 5) is 14.5. The third kappa shape index (κ3) is 4.55. The molecule has 0 bridgehead atoms. The third-order valence-corrected chi connectivity index (χ3v) is 7.43. The quantitative estimate of drug-likeness (QED) is 0.805. The summed E-state index contributed by atoms with van der Waals surface area (Å²) in [6, 6.07) is 12.2. The number of nitrogens with one attached hydrogen (secondary N) is 1. The Bertz CT molecular complexity index is 970. The minimum absolute atomic E-state index is 0.101. The van der Waals surface area contributed by atoms with Crippen molar-refractivity contribution in [1.82, 2.24) is 9.21 Å². The Hall–Kier alpha value is -1.93. The van der Waals surface area contributed by atoms with Gasteiger partial charge >= 0.3 is 0 Å². The molecule has 1 aliphatic rings. The van der Waals surface area contributed by atoms with E-state index < -0.39 is 10.0 Å². The number of aryl methyl sites for hydroxylation is 1. The molecule has 6 nitrogen and oxygen atoms in total. The fourth-order valence-electron chi connectivity index (χ4n) is 3.20. The fourth-order valence-corrected chi connectivity index (χ4v) is 5.12. The van der Waals surface area contributed by atoms with Crippen LogP contribution in [-0.4, -0.2) is 56.3 Å². The Balaban J connectivity index is 1.57. The van der Waals surface area contributed by atoms with Crippen molar-refractivity contribution >= 4 is 33.2 Å². The highest BCUT2D eigenvalue weighted by Gasteiger charge is 2.30. The van der Waals surface area contributed by atoms with Crippen molar-refractivity contribution < 1.29 is 13.2 Å². The van der Waals surface area contributed by atoms with Crippen molar-refractivity contribution in [2.24, 2.45) is 0 Å². The first kappa shape index (κ1) is 20.8. The number of halogens is 1. The van der Waals surface area contributed by atoms with Gasteiger partial charge in [0.2, 0.25) is 15.9 Å². The zero-order chi connectivity index (χ0) is 20.3. The van der Waals surface area contributed by atoms with E-state index in [0.717, 1.165) is 16.8 Å². The zero-order valence-electron chi connectivity index (χ0n) is 16.0. The molecule has 1 heterocycles. The number of sulfonamides is 1. The molecule has 0 radical (unpaired) electrons. The van der Waals surface area contributed by atoms with Gasteiger partial charge < -0.3 is 5.32 Å². The number of piperazine rings is 1. The average molecular weight is 422 g/mol. The van der Waals surface area contributed by atoms with E-state index >= 15 is 0 Å². The average Bonchev–Trinajstić information content (AvgIpc) is 2.66. The standard InChI is InChI=1S/C20H24ClN3O3S/c1-15-6-5-8-18(16(15)2)22-20(25)14-23-10-12-24(13-11-23)28(26,27)19-9-4-3-7-17(19)21/h3-9H,10-14H2,1-2H3,(H,22,25). The van der Waals surface area contributed by atoms with Crippen molar-refractivity contribution in [3.05, 3.63) is 58.6 Å². The zero-order valence-corrected chi connectivity index (χ0v) is 17.6. The summed E-state index contributed by atoms with van der Waals surface area (Å²) in [6.45, 7) is 5.84. The molecule has 0 unspecified atom stereocenters. The smallest absolute Gasteiger partial charge is 0.244 e. The molecular weight excluding hydrogens is 398 g/mol. The molecule has 2 aromatic rings. The van der Waals surface area contributed by atoms with Crippen LogP contribution < -0.4 is 5.32 Å². The van der Waals surface area contributed by atoms with E-state index in [4.69, 9.17) is 11.6 Å². The number of rotatable bonds is 5. The highest BCUT2D eigenvalue weighted by molar-refractivity contribution is 7.89. The molecule has 0 aromatic heterocycles. The molecule has 0 spiro atoms. The van der Waals surface area contributed by atoms with Crippen molar-refractivity contribution in [2.45, 2.75) is 18.7 Å². The summed E-state index contributed by atoms with van der Waals surface area (Å²) < 4.78 is 27.0. The van der Waals surface area contributed by atoms with Gasteiger partial charge in [0, 0.05) is 31.9 Å². The van der Waals surface area contributed by atoms with Crippen LogP contribution in [0, 0.1) is 13.8 Å². The summed E-state index contributed by atoms with van der Waals surface area (Å²) in [5.41, 5.74) is 2.98.